The molecule has 0 spiro atoms. The third-order valence-corrected chi connectivity index (χ3v) is 2.39. The predicted molar refractivity (Wildman–Crippen MR) is 61.8 cm³/mol. The smallest absolute Gasteiger partial charge is 0.228 e. The molecule has 0 aliphatic carbocycles. The highest BCUT2D eigenvalue weighted by atomic mass is 35.5. The van der Waals surface area contributed by atoms with Gasteiger partial charge in [-0.25, -0.2) is 0 Å². The molecule has 0 fully saturated rings. The van der Waals surface area contributed by atoms with Gasteiger partial charge in [0.25, 0.3) is 0 Å². The fourth-order valence-electron chi connectivity index (χ4n) is 0.945. The standard InChI is InChI=1S/C9H16ClN5/c1-4-9(2,3)15-8-13-6(5-10)12-7(11)14-8/h4-5H2,1-3H3,(H3,11,12,13,14,15). The first-order valence-corrected chi connectivity index (χ1v) is 5.35. The lowest BCUT2D eigenvalue weighted by Crippen LogP contribution is -2.31. The third kappa shape index (κ3) is 3.51. The van der Waals surface area contributed by atoms with Crippen molar-refractivity contribution >= 4 is 23.5 Å². The highest BCUT2D eigenvalue weighted by Gasteiger charge is 2.16. The molecular weight excluding hydrogens is 214 g/mol. The van der Waals surface area contributed by atoms with Crippen molar-refractivity contribution in [1.82, 2.24) is 15.0 Å². The van der Waals surface area contributed by atoms with Crippen molar-refractivity contribution in [2.45, 2.75) is 38.6 Å². The average molecular weight is 230 g/mol. The van der Waals surface area contributed by atoms with E-state index >= 15 is 0 Å². The van der Waals surface area contributed by atoms with E-state index in [0.29, 0.717) is 11.8 Å². The summed E-state index contributed by atoms with van der Waals surface area (Å²) in [4.78, 5) is 12.0. The van der Waals surface area contributed by atoms with Crippen LogP contribution in [0.1, 0.15) is 33.0 Å². The van der Waals surface area contributed by atoms with E-state index in [1.165, 1.54) is 0 Å². The number of halogens is 1. The molecule has 84 valence electrons. The summed E-state index contributed by atoms with van der Waals surface area (Å²) in [5.41, 5.74) is 5.46. The summed E-state index contributed by atoms with van der Waals surface area (Å²) in [6, 6.07) is 0. The molecule has 0 aliphatic heterocycles. The Kier molecular flexibility index (Phi) is 3.68. The Morgan fingerprint density at radius 3 is 2.53 bits per heavy atom. The predicted octanol–water partition coefficient (Wildman–Crippen LogP) is 1.79. The Labute approximate surface area is 94.5 Å². The summed E-state index contributed by atoms with van der Waals surface area (Å²) in [7, 11) is 0. The van der Waals surface area contributed by atoms with Gasteiger partial charge in [0.1, 0.15) is 0 Å². The minimum absolute atomic E-state index is 0.0720. The molecule has 1 aromatic rings. The van der Waals surface area contributed by atoms with Crippen molar-refractivity contribution in [2.24, 2.45) is 0 Å². The number of anilines is 2. The molecule has 0 bridgehead atoms. The van der Waals surface area contributed by atoms with Crippen LogP contribution < -0.4 is 11.1 Å². The topological polar surface area (TPSA) is 76.7 Å². The van der Waals surface area contributed by atoms with Gasteiger partial charge in [-0.05, 0) is 20.3 Å². The van der Waals surface area contributed by atoms with E-state index in [1.807, 2.05) is 0 Å². The maximum absolute atomic E-state index is 5.64. The third-order valence-electron chi connectivity index (χ3n) is 2.15. The molecule has 0 amide bonds. The minimum Gasteiger partial charge on any atom is -0.368 e. The van der Waals surface area contributed by atoms with Crippen LogP contribution in [-0.2, 0) is 5.88 Å². The molecule has 5 nitrogen and oxygen atoms in total. The van der Waals surface area contributed by atoms with E-state index in [4.69, 9.17) is 17.3 Å². The van der Waals surface area contributed by atoms with Gasteiger partial charge in [0.2, 0.25) is 11.9 Å². The van der Waals surface area contributed by atoms with Gasteiger partial charge in [0.15, 0.2) is 5.82 Å². The van der Waals surface area contributed by atoms with Crippen molar-refractivity contribution < 1.29 is 0 Å². The average Bonchev–Trinajstić information content (AvgIpc) is 2.16. The van der Waals surface area contributed by atoms with Crippen LogP contribution in [0.25, 0.3) is 0 Å². The number of nitrogens with two attached hydrogens (primary N) is 1. The van der Waals surface area contributed by atoms with Gasteiger partial charge >= 0.3 is 0 Å². The lowest BCUT2D eigenvalue weighted by molar-refractivity contribution is 0.541. The molecule has 0 saturated carbocycles. The Morgan fingerprint density at radius 2 is 2.00 bits per heavy atom. The second-order valence-electron chi connectivity index (χ2n) is 3.93. The van der Waals surface area contributed by atoms with Crippen LogP contribution in [0.15, 0.2) is 0 Å². The van der Waals surface area contributed by atoms with Gasteiger partial charge in [0.05, 0.1) is 5.88 Å². The molecule has 0 aromatic carbocycles. The number of nitrogens with one attached hydrogen (secondary N) is 1. The summed E-state index contributed by atoms with van der Waals surface area (Å²) < 4.78 is 0. The van der Waals surface area contributed by atoms with Crippen LogP contribution in [0.5, 0.6) is 0 Å². The number of alkyl halides is 1. The van der Waals surface area contributed by atoms with E-state index in [9.17, 15) is 0 Å². The zero-order chi connectivity index (χ0) is 11.5. The fourth-order valence-corrected chi connectivity index (χ4v) is 1.06. The van der Waals surface area contributed by atoms with E-state index in [0.717, 1.165) is 6.42 Å². The minimum atomic E-state index is -0.0720. The molecule has 3 N–H and O–H groups in total. The monoisotopic (exact) mass is 229 g/mol. The molecule has 0 atom stereocenters. The number of nitrogens with zero attached hydrogens (tertiary/aromatic N) is 3. The Balaban J connectivity index is 2.90. The number of rotatable bonds is 4. The normalized spacial score (nSPS) is 11.5. The first-order valence-electron chi connectivity index (χ1n) is 4.81. The number of hydrogen-bond donors (Lipinski definition) is 2. The van der Waals surface area contributed by atoms with Gasteiger partial charge < -0.3 is 11.1 Å². The van der Waals surface area contributed by atoms with Gasteiger partial charge in [-0.15, -0.1) is 11.6 Å². The van der Waals surface area contributed by atoms with Crippen molar-refractivity contribution in [3.05, 3.63) is 5.82 Å². The second-order valence-corrected chi connectivity index (χ2v) is 4.20. The number of hydrogen-bond acceptors (Lipinski definition) is 5. The molecule has 0 unspecified atom stereocenters. The summed E-state index contributed by atoms with van der Waals surface area (Å²) >= 11 is 5.64. The summed E-state index contributed by atoms with van der Waals surface area (Å²) in [6.07, 6.45) is 0.953. The molecule has 0 aliphatic rings. The van der Waals surface area contributed by atoms with E-state index < -0.39 is 0 Å². The largest absolute Gasteiger partial charge is 0.368 e. The first kappa shape index (κ1) is 12.0. The van der Waals surface area contributed by atoms with Crippen molar-refractivity contribution in [3.63, 3.8) is 0 Å². The van der Waals surface area contributed by atoms with Gasteiger partial charge in [-0.1, -0.05) is 6.92 Å². The summed E-state index contributed by atoms with van der Waals surface area (Å²) in [5, 5.41) is 3.18. The van der Waals surface area contributed by atoms with Crippen molar-refractivity contribution in [3.8, 4) is 0 Å². The van der Waals surface area contributed by atoms with Crippen LogP contribution in [-0.4, -0.2) is 20.5 Å². The molecule has 0 radical (unpaired) electrons. The van der Waals surface area contributed by atoms with Gasteiger partial charge in [-0.2, -0.15) is 15.0 Å². The van der Waals surface area contributed by atoms with Crippen LogP contribution in [0, 0.1) is 0 Å². The van der Waals surface area contributed by atoms with E-state index in [1.54, 1.807) is 0 Å². The molecule has 0 saturated heterocycles. The first-order chi connectivity index (χ1) is 6.96. The number of nitrogen functional groups attached to an aromatic ring is 1. The zero-order valence-corrected chi connectivity index (χ0v) is 9.97. The Morgan fingerprint density at radius 1 is 1.33 bits per heavy atom. The maximum atomic E-state index is 5.64. The summed E-state index contributed by atoms with van der Waals surface area (Å²) in [6.45, 7) is 6.21. The molecule has 1 heterocycles. The van der Waals surface area contributed by atoms with Crippen LogP contribution in [0.4, 0.5) is 11.9 Å². The molecule has 1 aromatic heterocycles. The second kappa shape index (κ2) is 4.61. The van der Waals surface area contributed by atoms with Crippen molar-refractivity contribution in [2.75, 3.05) is 11.1 Å². The fraction of sp³-hybridized carbons (Fsp3) is 0.667. The van der Waals surface area contributed by atoms with Crippen LogP contribution >= 0.6 is 11.6 Å². The summed E-state index contributed by atoms with van der Waals surface area (Å²) in [5.74, 6) is 1.38. The lowest BCUT2D eigenvalue weighted by atomic mass is 10.0. The number of aromatic nitrogens is 3. The van der Waals surface area contributed by atoms with E-state index in [2.05, 4.69) is 41.0 Å². The molecule has 1 rings (SSSR count). The van der Waals surface area contributed by atoms with Crippen LogP contribution in [0.2, 0.25) is 0 Å². The zero-order valence-electron chi connectivity index (χ0n) is 9.21. The van der Waals surface area contributed by atoms with Crippen LogP contribution in [0.3, 0.4) is 0 Å². The SMILES string of the molecule is CCC(C)(C)Nc1nc(N)nc(CCl)n1. The van der Waals surface area contributed by atoms with Crippen molar-refractivity contribution in [1.29, 1.82) is 0 Å². The lowest BCUT2D eigenvalue weighted by Gasteiger charge is -2.24. The Bertz CT molecular complexity index is 339. The highest BCUT2D eigenvalue weighted by Crippen LogP contribution is 2.15. The quantitative estimate of drug-likeness (QED) is 0.770. The Hall–Kier alpha value is -1.10. The molecular formula is C9H16ClN5. The molecule has 6 heteroatoms. The maximum Gasteiger partial charge on any atom is 0.228 e. The molecule has 15 heavy (non-hydrogen) atoms. The highest BCUT2D eigenvalue weighted by molar-refractivity contribution is 6.16. The van der Waals surface area contributed by atoms with Gasteiger partial charge in [-0.3, -0.25) is 0 Å². The van der Waals surface area contributed by atoms with Gasteiger partial charge in [0, 0.05) is 5.54 Å². The van der Waals surface area contributed by atoms with E-state index in [-0.39, 0.29) is 17.4 Å².